The summed E-state index contributed by atoms with van der Waals surface area (Å²) in [6.07, 6.45) is 5.41. The third kappa shape index (κ3) is 4.90. The van der Waals surface area contributed by atoms with Crippen molar-refractivity contribution in [3.8, 4) is 0 Å². The van der Waals surface area contributed by atoms with Crippen LogP contribution in [-0.2, 0) is 0 Å². The van der Waals surface area contributed by atoms with Crippen molar-refractivity contribution in [3.05, 3.63) is 35.4 Å². The number of alkyl halides is 2. The summed E-state index contributed by atoms with van der Waals surface area (Å²) in [5.41, 5.74) is 1.09. The first-order valence-corrected chi connectivity index (χ1v) is 5.59. The molecule has 0 aliphatic rings. The smallest absolute Gasteiger partial charge is 0.0793 e. The highest BCUT2D eigenvalue weighted by molar-refractivity contribution is 9.11. The van der Waals surface area contributed by atoms with E-state index in [1.54, 1.807) is 6.08 Å². The topological polar surface area (TPSA) is 0 Å². The lowest BCUT2D eigenvalue weighted by Gasteiger charge is -2.20. The van der Waals surface area contributed by atoms with Crippen LogP contribution < -0.4 is 0 Å². The SMILES string of the molecule is C=C[C@@](C)(Cl)[C@H](Cl)/C=C/C(C)=C/Br. The molecule has 0 aliphatic carbocycles. The molecular formula is C10H13BrCl2. The third-order valence-corrected chi connectivity index (χ3v) is 3.46. The van der Waals surface area contributed by atoms with Gasteiger partial charge in [0.2, 0.25) is 0 Å². The van der Waals surface area contributed by atoms with Crippen molar-refractivity contribution in [1.82, 2.24) is 0 Å². The maximum Gasteiger partial charge on any atom is 0.0793 e. The molecule has 0 aromatic rings. The second-order valence-electron chi connectivity index (χ2n) is 2.97. The van der Waals surface area contributed by atoms with E-state index in [0.717, 1.165) is 5.57 Å². The molecule has 0 aromatic carbocycles. The second kappa shape index (κ2) is 5.90. The largest absolute Gasteiger partial charge is 0.116 e. The fourth-order valence-electron chi connectivity index (χ4n) is 0.573. The van der Waals surface area contributed by atoms with Crippen molar-refractivity contribution in [2.75, 3.05) is 0 Å². The molecule has 0 fully saturated rings. The predicted octanol–water partition coefficient (Wildman–Crippen LogP) is 4.63. The zero-order chi connectivity index (χ0) is 10.5. The summed E-state index contributed by atoms with van der Waals surface area (Å²) in [6, 6.07) is 0. The first kappa shape index (κ1) is 13.3. The van der Waals surface area contributed by atoms with Gasteiger partial charge in [0.1, 0.15) is 0 Å². The molecule has 0 spiro atoms. The average Bonchev–Trinajstić information content (AvgIpc) is 2.13. The van der Waals surface area contributed by atoms with Gasteiger partial charge in [-0.1, -0.05) is 34.2 Å². The van der Waals surface area contributed by atoms with E-state index in [-0.39, 0.29) is 5.38 Å². The zero-order valence-electron chi connectivity index (χ0n) is 7.73. The maximum absolute atomic E-state index is 6.07. The summed E-state index contributed by atoms with van der Waals surface area (Å²) >= 11 is 15.3. The quantitative estimate of drug-likeness (QED) is 0.401. The number of rotatable bonds is 4. The average molecular weight is 284 g/mol. The van der Waals surface area contributed by atoms with Crippen LogP contribution in [-0.4, -0.2) is 10.3 Å². The third-order valence-electron chi connectivity index (χ3n) is 1.64. The van der Waals surface area contributed by atoms with Gasteiger partial charge in [0.25, 0.3) is 0 Å². The van der Waals surface area contributed by atoms with Crippen molar-refractivity contribution in [1.29, 1.82) is 0 Å². The molecule has 0 heterocycles. The number of hydrogen-bond acceptors (Lipinski definition) is 0. The molecule has 0 saturated carbocycles. The van der Waals surface area contributed by atoms with E-state index in [4.69, 9.17) is 23.2 Å². The van der Waals surface area contributed by atoms with Gasteiger partial charge in [-0.2, -0.15) is 0 Å². The Morgan fingerprint density at radius 1 is 1.62 bits per heavy atom. The minimum Gasteiger partial charge on any atom is -0.116 e. The Labute approximate surface area is 98.4 Å². The van der Waals surface area contributed by atoms with Crippen LogP contribution in [0.15, 0.2) is 35.4 Å². The van der Waals surface area contributed by atoms with E-state index in [1.807, 2.05) is 31.0 Å². The van der Waals surface area contributed by atoms with Crippen LogP contribution in [0.25, 0.3) is 0 Å². The highest BCUT2D eigenvalue weighted by Gasteiger charge is 2.24. The van der Waals surface area contributed by atoms with Gasteiger partial charge in [-0.15, -0.1) is 29.8 Å². The molecule has 0 unspecified atom stereocenters. The molecule has 0 nitrogen and oxygen atoms in total. The summed E-state index contributed by atoms with van der Waals surface area (Å²) in [4.78, 5) is 1.23. The Morgan fingerprint density at radius 3 is 2.54 bits per heavy atom. The van der Waals surface area contributed by atoms with Gasteiger partial charge < -0.3 is 0 Å². The summed E-state index contributed by atoms with van der Waals surface area (Å²) in [5, 5.41) is -0.255. The zero-order valence-corrected chi connectivity index (χ0v) is 10.8. The first-order valence-electron chi connectivity index (χ1n) is 3.86. The van der Waals surface area contributed by atoms with Crippen LogP contribution in [0.4, 0.5) is 0 Å². The molecule has 74 valence electrons. The van der Waals surface area contributed by atoms with E-state index >= 15 is 0 Å². The molecule has 0 aliphatic heterocycles. The number of allylic oxidation sites excluding steroid dienone is 4. The van der Waals surface area contributed by atoms with Crippen LogP contribution in [0, 0.1) is 0 Å². The molecule has 3 heteroatoms. The van der Waals surface area contributed by atoms with Gasteiger partial charge in [0.15, 0.2) is 0 Å². The Morgan fingerprint density at radius 2 is 2.15 bits per heavy atom. The summed E-state index contributed by atoms with van der Waals surface area (Å²) < 4.78 is 0. The van der Waals surface area contributed by atoms with Crippen LogP contribution in [0.2, 0.25) is 0 Å². The Hall–Kier alpha value is 0.280. The minimum atomic E-state index is -0.593. The van der Waals surface area contributed by atoms with Crippen LogP contribution in [0.3, 0.4) is 0 Å². The minimum absolute atomic E-state index is 0.255. The summed E-state index contributed by atoms with van der Waals surface area (Å²) in [6.45, 7) is 7.42. The molecule has 0 rings (SSSR count). The molecule has 0 saturated heterocycles. The molecule has 2 atom stereocenters. The van der Waals surface area contributed by atoms with Crippen LogP contribution in [0.5, 0.6) is 0 Å². The highest BCUT2D eigenvalue weighted by atomic mass is 79.9. The fourth-order valence-corrected chi connectivity index (χ4v) is 0.961. The molecule has 0 radical (unpaired) electrons. The van der Waals surface area contributed by atoms with Gasteiger partial charge >= 0.3 is 0 Å². The van der Waals surface area contributed by atoms with Gasteiger partial charge in [0, 0.05) is 0 Å². The standard InChI is InChI=1S/C10H13BrCl2/c1-4-10(3,13)9(12)6-5-8(2)7-11/h4-7,9H,1H2,2-3H3/b6-5+,8-7+/t9-,10-/m1/s1. The maximum atomic E-state index is 6.07. The number of hydrogen-bond donors (Lipinski definition) is 0. The second-order valence-corrected chi connectivity index (χ2v) is 4.71. The van der Waals surface area contributed by atoms with E-state index in [0.29, 0.717) is 0 Å². The van der Waals surface area contributed by atoms with E-state index < -0.39 is 4.87 Å². The van der Waals surface area contributed by atoms with Crippen LogP contribution >= 0.6 is 39.1 Å². The van der Waals surface area contributed by atoms with Gasteiger partial charge in [-0.05, 0) is 24.4 Å². The van der Waals surface area contributed by atoms with Crippen molar-refractivity contribution >= 4 is 39.1 Å². The highest BCUT2D eigenvalue weighted by Crippen LogP contribution is 2.26. The molecule has 0 aromatic heterocycles. The summed E-state index contributed by atoms with van der Waals surface area (Å²) in [5.74, 6) is 0. The monoisotopic (exact) mass is 282 g/mol. The lowest BCUT2D eigenvalue weighted by molar-refractivity contribution is 0.801. The predicted molar refractivity (Wildman–Crippen MR) is 65.9 cm³/mol. The molecule has 13 heavy (non-hydrogen) atoms. The van der Waals surface area contributed by atoms with Gasteiger partial charge in [-0.25, -0.2) is 0 Å². The normalized spacial score (nSPS) is 19.9. The fraction of sp³-hybridized carbons (Fsp3) is 0.400. The molecular weight excluding hydrogens is 271 g/mol. The Balaban J connectivity index is 4.38. The number of halogens is 3. The molecule has 0 amide bonds. The van der Waals surface area contributed by atoms with E-state index in [1.165, 1.54) is 0 Å². The van der Waals surface area contributed by atoms with Crippen LogP contribution in [0.1, 0.15) is 13.8 Å². The van der Waals surface area contributed by atoms with Crippen molar-refractivity contribution in [3.63, 3.8) is 0 Å². The van der Waals surface area contributed by atoms with E-state index in [9.17, 15) is 0 Å². The van der Waals surface area contributed by atoms with Crippen molar-refractivity contribution < 1.29 is 0 Å². The first-order chi connectivity index (χ1) is 5.94. The Kier molecular flexibility index (Phi) is 6.02. The van der Waals surface area contributed by atoms with Crippen molar-refractivity contribution in [2.45, 2.75) is 24.1 Å². The molecule has 0 N–H and O–H groups in total. The van der Waals surface area contributed by atoms with Crippen molar-refractivity contribution in [2.24, 2.45) is 0 Å². The summed E-state index contributed by atoms with van der Waals surface area (Å²) in [7, 11) is 0. The van der Waals surface area contributed by atoms with Gasteiger partial charge in [0.05, 0.1) is 10.3 Å². The van der Waals surface area contributed by atoms with Gasteiger partial charge in [-0.3, -0.25) is 0 Å². The van der Waals surface area contributed by atoms with E-state index in [2.05, 4.69) is 22.5 Å². The lowest BCUT2D eigenvalue weighted by atomic mass is 10.1. The molecule has 0 bridgehead atoms. The lowest BCUT2D eigenvalue weighted by Crippen LogP contribution is -2.24. The Bertz CT molecular complexity index is 229.